The maximum absolute atomic E-state index is 12.3. The molecule has 0 unspecified atom stereocenters. The van der Waals surface area contributed by atoms with Gasteiger partial charge in [0.25, 0.3) is 0 Å². The number of thioether (sulfide) groups is 2. The van der Waals surface area contributed by atoms with Crippen LogP contribution in [0.1, 0.15) is 41.5 Å². The van der Waals surface area contributed by atoms with Crippen molar-refractivity contribution in [1.29, 1.82) is 0 Å². The Labute approximate surface area is 214 Å². The van der Waals surface area contributed by atoms with E-state index in [0.29, 0.717) is 3.53 Å². The Morgan fingerprint density at radius 3 is 1.74 bits per heavy atom. The summed E-state index contributed by atoms with van der Waals surface area (Å²) in [6.07, 6.45) is -0.749. The standard InChI is InChI=1S/C20H35N5O6S3/c1-7-33-18(32)34-20(5,6)16(29)22-9-8-21-13(26)10-23-14(27)11-24-15(28)12-25-17(30)31-19(2,3)4/h7-12H2,1-6H3,(H,21,26)(H,22,29)(H,23,27)(H,24,28)(H,25,30). The average molecular weight is 538 g/mol. The first-order valence-corrected chi connectivity index (χ1v) is 12.8. The number of carbonyl (C=O) groups is 5. The summed E-state index contributed by atoms with van der Waals surface area (Å²) in [4.78, 5) is 59.0. The van der Waals surface area contributed by atoms with Crippen LogP contribution in [0, 0.1) is 0 Å². The summed E-state index contributed by atoms with van der Waals surface area (Å²) in [5.41, 5.74) is -0.691. The lowest BCUT2D eigenvalue weighted by Gasteiger charge is -2.23. The largest absolute Gasteiger partial charge is 0.444 e. The summed E-state index contributed by atoms with van der Waals surface area (Å²) in [6.45, 7) is 10.00. The molecule has 0 aliphatic carbocycles. The normalized spacial score (nSPS) is 11.1. The maximum Gasteiger partial charge on any atom is 0.408 e. The molecule has 0 bridgehead atoms. The number of thiocarbonyl (C=S) groups is 1. The lowest BCUT2D eigenvalue weighted by Crippen LogP contribution is -2.46. The first kappa shape index (κ1) is 31.9. The summed E-state index contributed by atoms with van der Waals surface area (Å²) in [5, 5.41) is 12.2. The van der Waals surface area contributed by atoms with Gasteiger partial charge in [-0.1, -0.05) is 30.9 Å². The number of alkyl carbamates (subject to hydrolysis) is 1. The van der Waals surface area contributed by atoms with E-state index in [2.05, 4.69) is 26.6 Å². The number of ether oxygens (including phenoxy) is 1. The van der Waals surface area contributed by atoms with Crippen molar-refractivity contribution in [2.75, 3.05) is 38.5 Å². The van der Waals surface area contributed by atoms with E-state index in [1.165, 1.54) is 23.5 Å². The molecule has 14 heteroatoms. The van der Waals surface area contributed by atoms with E-state index in [4.69, 9.17) is 17.0 Å². The van der Waals surface area contributed by atoms with Gasteiger partial charge in [-0.2, -0.15) is 0 Å². The predicted octanol–water partition coefficient (Wildman–Crippen LogP) is 0.526. The van der Waals surface area contributed by atoms with Crippen molar-refractivity contribution in [3.8, 4) is 0 Å². The van der Waals surface area contributed by atoms with Crippen LogP contribution in [0.2, 0.25) is 0 Å². The van der Waals surface area contributed by atoms with E-state index >= 15 is 0 Å². The van der Waals surface area contributed by atoms with Crippen molar-refractivity contribution in [3.63, 3.8) is 0 Å². The fraction of sp³-hybridized carbons (Fsp3) is 0.700. The van der Waals surface area contributed by atoms with Gasteiger partial charge in [-0.05, 0) is 40.4 Å². The van der Waals surface area contributed by atoms with Gasteiger partial charge in [0.15, 0.2) is 0 Å². The second-order valence-corrected chi connectivity index (χ2v) is 12.4. The van der Waals surface area contributed by atoms with E-state index in [1.807, 2.05) is 6.92 Å². The Morgan fingerprint density at radius 2 is 1.24 bits per heavy atom. The van der Waals surface area contributed by atoms with Gasteiger partial charge in [-0.25, -0.2) is 4.79 Å². The summed E-state index contributed by atoms with van der Waals surface area (Å²) < 4.78 is 4.95. The Morgan fingerprint density at radius 1 is 0.765 bits per heavy atom. The molecule has 0 heterocycles. The number of rotatable bonds is 12. The molecule has 0 saturated heterocycles. The molecule has 0 aromatic carbocycles. The molecule has 5 N–H and O–H groups in total. The Kier molecular flexibility index (Phi) is 14.8. The predicted molar refractivity (Wildman–Crippen MR) is 139 cm³/mol. The van der Waals surface area contributed by atoms with Gasteiger partial charge in [0.2, 0.25) is 23.6 Å². The highest BCUT2D eigenvalue weighted by Crippen LogP contribution is 2.30. The molecular weight excluding hydrogens is 502 g/mol. The third kappa shape index (κ3) is 16.5. The quantitative estimate of drug-likeness (QED) is 0.177. The van der Waals surface area contributed by atoms with Crippen molar-refractivity contribution in [2.45, 2.75) is 51.9 Å². The molecular formula is C20H35N5O6S3. The molecule has 34 heavy (non-hydrogen) atoms. The zero-order valence-corrected chi connectivity index (χ0v) is 22.9. The minimum absolute atomic E-state index is 0.183. The smallest absolute Gasteiger partial charge is 0.408 e. The molecule has 0 spiro atoms. The Hall–Kier alpha value is -2.06. The fourth-order valence-electron chi connectivity index (χ4n) is 2.00. The van der Waals surface area contributed by atoms with Crippen LogP contribution in [0.5, 0.6) is 0 Å². The summed E-state index contributed by atoms with van der Waals surface area (Å²) >= 11 is 8.04. The fourth-order valence-corrected chi connectivity index (χ4v) is 5.01. The van der Waals surface area contributed by atoms with Gasteiger partial charge < -0.3 is 31.3 Å². The third-order valence-corrected chi connectivity index (χ3v) is 6.16. The van der Waals surface area contributed by atoms with E-state index in [0.717, 1.165) is 5.75 Å². The molecule has 0 atom stereocenters. The minimum atomic E-state index is -0.749. The van der Waals surface area contributed by atoms with E-state index in [1.54, 1.807) is 34.6 Å². The Bertz CT molecular complexity index is 755. The summed E-state index contributed by atoms with van der Waals surface area (Å²) in [5.74, 6) is -0.972. The lowest BCUT2D eigenvalue weighted by atomic mass is 10.2. The Balaban J connectivity index is 4.02. The van der Waals surface area contributed by atoms with Crippen molar-refractivity contribution in [1.82, 2.24) is 26.6 Å². The second-order valence-electron chi connectivity index (χ2n) is 8.31. The third-order valence-electron chi connectivity index (χ3n) is 3.56. The lowest BCUT2D eigenvalue weighted by molar-refractivity contribution is -0.127. The summed E-state index contributed by atoms with van der Waals surface area (Å²) in [7, 11) is 0. The summed E-state index contributed by atoms with van der Waals surface area (Å²) in [6, 6.07) is 0. The molecule has 0 aliphatic rings. The maximum atomic E-state index is 12.3. The first-order chi connectivity index (χ1) is 15.7. The molecule has 0 aliphatic heterocycles. The van der Waals surface area contributed by atoms with Crippen molar-refractivity contribution >= 4 is 69.0 Å². The van der Waals surface area contributed by atoms with Crippen LogP contribution in [0.3, 0.4) is 0 Å². The highest BCUT2D eigenvalue weighted by Gasteiger charge is 2.29. The van der Waals surface area contributed by atoms with Crippen molar-refractivity contribution in [2.24, 2.45) is 0 Å². The number of hydrogen-bond acceptors (Lipinski definition) is 9. The second kappa shape index (κ2) is 15.8. The van der Waals surface area contributed by atoms with Crippen LogP contribution in [-0.2, 0) is 23.9 Å². The number of nitrogens with one attached hydrogen (secondary N) is 5. The van der Waals surface area contributed by atoms with Crippen molar-refractivity contribution < 1.29 is 28.7 Å². The van der Waals surface area contributed by atoms with Crippen LogP contribution in [0.15, 0.2) is 0 Å². The van der Waals surface area contributed by atoms with Gasteiger partial charge >= 0.3 is 6.09 Å². The van der Waals surface area contributed by atoms with Gasteiger partial charge in [0.1, 0.15) is 15.7 Å². The number of carbonyl (C=O) groups excluding carboxylic acids is 5. The molecule has 0 aromatic rings. The van der Waals surface area contributed by atoms with Gasteiger partial charge in [0, 0.05) is 13.1 Å². The molecule has 0 saturated carbocycles. The van der Waals surface area contributed by atoms with Gasteiger partial charge in [-0.15, -0.1) is 11.8 Å². The van der Waals surface area contributed by atoms with Crippen molar-refractivity contribution in [3.05, 3.63) is 0 Å². The molecule has 0 fully saturated rings. The highest BCUT2D eigenvalue weighted by molar-refractivity contribution is 8.47. The van der Waals surface area contributed by atoms with Crippen LogP contribution in [0.25, 0.3) is 0 Å². The van der Waals surface area contributed by atoms with Crippen LogP contribution >= 0.6 is 35.7 Å². The highest BCUT2D eigenvalue weighted by atomic mass is 32.2. The number of hydrogen-bond donors (Lipinski definition) is 5. The van der Waals surface area contributed by atoms with Crippen LogP contribution in [-0.4, -0.2) is 82.1 Å². The number of amides is 5. The monoisotopic (exact) mass is 537 g/mol. The molecule has 0 rings (SSSR count). The zero-order chi connectivity index (χ0) is 26.4. The molecule has 0 aromatic heterocycles. The van der Waals surface area contributed by atoms with Crippen LogP contribution < -0.4 is 26.6 Å². The minimum Gasteiger partial charge on any atom is -0.444 e. The van der Waals surface area contributed by atoms with Crippen LogP contribution in [0.4, 0.5) is 4.79 Å². The molecule has 0 radical (unpaired) electrons. The van der Waals surface area contributed by atoms with E-state index in [-0.39, 0.29) is 38.6 Å². The molecule has 5 amide bonds. The topological polar surface area (TPSA) is 155 Å². The van der Waals surface area contributed by atoms with Gasteiger partial charge in [0.05, 0.1) is 17.8 Å². The first-order valence-electron chi connectivity index (χ1n) is 10.6. The van der Waals surface area contributed by atoms with E-state index in [9.17, 15) is 24.0 Å². The average Bonchev–Trinajstić information content (AvgIpc) is 2.70. The van der Waals surface area contributed by atoms with E-state index < -0.39 is 34.2 Å². The molecule has 194 valence electrons. The SMILES string of the molecule is CCSC(=S)SC(C)(C)C(=O)NCCNC(=O)CNC(=O)CNC(=O)CNC(=O)OC(C)(C)C. The molecule has 11 nitrogen and oxygen atoms in total. The zero-order valence-electron chi connectivity index (χ0n) is 20.4. The van der Waals surface area contributed by atoms with Gasteiger partial charge in [-0.3, -0.25) is 19.2 Å².